The monoisotopic (exact) mass is 266 g/mol. The first-order valence-electron chi connectivity index (χ1n) is 5.06. The Bertz CT molecular complexity index is 423. The summed E-state index contributed by atoms with van der Waals surface area (Å²) in [6, 6.07) is 0. The molecule has 2 N–H and O–H groups in total. The first kappa shape index (κ1) is 16.5. The summed E-state index contributed by atoms with van der Waals surface area (Å²) in [4.78, 5) is 43.8. The standard InChI is InChI=1S/C9H12B2N2O6/c1-4-6(14)18-10-12-7(15)8(16)13-11-19-9(17)5(2)3/h4,10-11H,1-2H2,3H3,(H,12,15)(H,13,16). The molecule has 0 rings (SSSR count). The van der Waals surface area contributed by atoms with Gasteiger partial charge in [0.25, 0.3) is 11.8 Å². The van der Waals surface area contributed by atoms with Gasteiger partial charge in [-0.05, 0) is 6.92 Å². The van der Waals surface area contributed by atoms with Gasteiger partial charge in [0, 0.05) is 11.6 Å². The maximum atomic E-state index is 11.1. The molecule has 0 radical (unpaired) electrons. The van der Waals surface area contributed by atoms with Gasteiger partial charge in [0.05, 0.1) is 0 Å². The van der Waals surface area contributed by atoms with Crippen LogP contribution in [0.25, 0.3) is 0 Å². The van der Waals surface area contributed by atoms with E-state index in [2.05, 4.69) is 22.5 Å². The van der Waals surface area contributed by atoms with Gasteiger partial charge in [-0.3, -0.25) is 9.59 Å². The Morgan fingerprint density at radius 1 is 1.05 bits per heavy atom. The van der Waals surface area contributed by atoms with Crippen LogP contribution in [0.2, 0.25) is 0 Å². The molecule has 0 aliphatic heterocycles. The van der Waals surface area contributed by atoms with Crippen LogP contribution in [0.3, 0.4) is 0 Å². The van der Waals surface area contributed by atoms with E-state index in [-0.39, 0.29) is 5.57 Å². The van der Waals surface area contributed by atoms with Gasteiger partial charge < -0.3 is 19.8 Å². The van der Waals surface area contributed by atoms with Crippen LogP contribution in [0.5, 0.6) is 0 Å². The summed E-state index contributed by atoms with van der Waals surface area (Å²) in [5, 5.41) is 4.03. The van der Waals surface area contributed by atoms with E-state index in [0.29, 0.717) is 0 Å². The van der Waals surface area contributed by atoms with Gasteiger partial charge in [-0.2, -0.15) is 0 Å². The van der Waals surface area contributed by atoms with Crippen LogP contribution in [-0.2, 0) is 28.5 Å². The molecule has 0 aliphatic carbocycles. The average Bonchev–Trinajstić information content (AvgIpc) is 2.37. The first-order chi connectivity index (χ1) is 8.88. The lowest BCUT2D eigenvalue weighted by molar-refractivity contribution is -0.138. The molecule has 0 fully saturated rings. The molecule has 0 aromatic carbocycles. The second-order valence-electron chi connectivity index (χ2n) is 3.18. The van der Waals surface area contributed by atoms with E-state index < -0.39 is 39.0 Å². The van der Waals surface area contributed by atoms with Crippen molar-refractivity contribution in [2.75, 3.05) is 0 Å². The minimum Gasteiger partial charge on any atom is -0.514 e. The van der Waals surface area contributed by atoms with E-state index in [9.17, 15) is 19.2 Å². The lowest BCUT2D eigenvalue weighted by Gasteiger charge is -2.05. The predicted octanol–water partition coefficient (Wildman–Crippen LogP) is -2.40. The van der Waals surface area contributed by atoms with E-state index in [0.717, 1.165) is 6.08 Å². The third kappa shape index (κ3) is 7.42. The molecular weight excluding hydrogens is 254 g/mol. The highest BCUT2D eigenvalue weighted by Crippen LogP contribution is 1.88. The number of hydrogen-bond acceptors (Lipinski definition) is 6. The molecule has 0 aliphatic rings. The van der Waals surface area contributed by atoms with Crippen molar-refractivity contribution in [2.24, 2.45) is 0 Å². The van der Waals surface area contributed by atoms with Crippen molar-refractivity contribution in [1.29, 1.82) is 0 Å². The van der Waals surface area contributed by atoms with Crippen LogP contribution in [0.1, 0.15) is 6.92 Å². The van der Waals surface area contributed by atoms with Crippen LogP contribution >= 0.6 is 0 Å². The van der Waals surface area contributed by atoms with Crippen molar-refractivity contribution < 1.29 is 28.5 Å². The van der Waals surface area contributed by atoms with Crippen molar-refractivity contribution in [3.05, 3.63) is 24.8 Å². The molecule has 0 aromatic heterocycles. The van der Waals surface area contributed by atoms with E-state index >= 15 is 0 Å². The molecule has 2 amide bonds. The summed E-state index contributed by atoms with van der Waals surface area (Å²) in [5.41, 5.74) is 0.162. The molecule has 10 heteroatoms. The number of rotatable bonds is 6. The highest BCUT2D eigenvalue weighted by atomic mass is 16.5. The minimum atomic E-state index is -1.04. The second kappa shape index (κ2) is 8.56. The Morgan fingerprint density at radius 2 is 1.53 bits per heavy atom. The maximum absolute atomic E-state index is 11.1. The van der Waals surface area contributed by atoms with Gasteiger partial charge >= 0.3 is 27.2 Å². The molecule has 0 bridgehead atoms. The Kier molecular flexibility index (Phi) is 7.43. The summed E-state index contributed by atoms with van der Waals surface area (Å²) < 4.78 is 8.96. The van der Waals surface area contributed by atoms with Crippen molar-refractivity contribution in [1.82, 2.24) is 10.5 Å². The Morgan fingerprint density at radius 3 is 1.95 bits per heavy atom. The summed E-state index contributed by atoms with van der Waals surface area (Å²) in [5.74, 6) is -3.51. The van der Waals surface area contributed by atoms with E-state index in [1.54, 1.807) is 0 Å². The van der Waals surface area contributed by atoms with Crippen LogP contribution in [0.4, 0.5) is 0 Å². The van der Waals surface area contributed by atoms with Gasteiger partial charge in [-0.15, -0.1) is 0 Å². The van der Waals surface area contributed by atoms with Crippen molar-refractivity contribution in [2.45, 2.75) is 6.92 Å². The first-order valence-corrected chi connectivity index (χ1v) is 5.06. The summed E-state index contributed by atoms with van der Waals surface area (Å²) >= 11 is 0. The SMILES string of the molecule is C=CC(=O)OBNC(=O)C(=O)NBOC(=O)C(=C)C. The number of hydrogen-bond donors (Lipinski definition) is 2. The summed E-state index contributed by atoms with van der Waals surface area (Å²) in [6.45, 7) is 7.91. The highest BCUT2D eigenvalue weighted by molar-refractivity contribution is 6.51. The van der Waals surface area contributed by atoms with Gasteiger partial charge in [-0.1, -0.05) is 13.2 Å². The molecule has 100 valence electrons. The van der Waals surface area contributed by atoms with Crippen molar-refractivity contribution in [3.63, 3.8) is 0 Å². The Hall–Kier alpha value is -2.51. The fourth-order valence-corrected chi connectivity index (χ4v) is 0.683. The fourth-order valence-electron chi connectivity index (χ4n) is 0.683. The fraction of sp³-hybridized carbons (Fsp3) is 0.111. The molecule has 0 saturated carbocycles. The van der Waals surface area contributed by atoms with Crippen LogP contribution < -0.4 is 10.5 Å². The van der Waals surface area contributed by atoms with Gasteiger partial charge in [0.15, 0.2) is 0 Å². The molecule has 0 unspecified atom stereocenters. The number of carbonyl (C=O) groups excluding carboxylic acids is 4. The molecule has 0 saturated heterocycles. The van der Waals surface area contributed by atoms with Crippen LogP contribution in [0.15, 0.2) is 24.8 Å². The van der Waals surface area contributed by atoms with Gasteiger partial charge in [-0.25, -0.2) is 9.59 Å². The summed E-state index contributed by atoms with van der Waals surface area (Å²) in [7, 11) is -0.937. The van der Waals surface area contributed by atoms with E-state index in [1.165, 1.54) is 6.92 Å². The molecule has 0 heterocycles. The summed E-state index contributed by atoms with van der Waals surface area (Å²) in [6.07, 6.45) is 0.906. The molecule has 0 aromatic rings. The third-order valence-corrected chi connectivity index (χ3v) is 1.60. The molecule has 0 atom stereocenters. The molecule has 19 heavy (non-hydrogen) atoms. The second-order valence-corrected chi connectivity index (χ2v) is 3.18. The lowest BCUT2D eigenvalue weighted by Crippen LogP contribution is -2.44. The molecule has 0 spiro atoms. The Labute approximate surface area is 110 Å². The van der Waals surface area contributed by atoms with Crippen LogP contribution in [-0.4, -0.2) is 39.0 Å². The lowest BCUT2D eigenvalue weighted by atomic mass is 10.2. The number of nitrogens with one attached hydrogen (secondary N) is 2. The zero-order valence-corrected chi connectivity index (χ0v) is 10.4. The van der Waals surface area contributed by atoms with Gasteiger partial charge in [0.1, 0.15) is 0 Å². The minimum absolute atomic E-state index is 0.162. The zero-order valence-electron chi connectivity index (χ0n) is 10.4. The number of amides is 2. The zero-order chi connectivity index (χ0) is 14.8. The van der Waals surface area contributed by atoms with E-state index in [4.69, 9.17) is 0 Å². The topological polar surface area (TPSA) is 111 Å². The van der Waals surface area contributed by atoms with Crippen molar-refractivity contribution >= 4 is 39.0 Å². The maximum Gasteiger partial charge on any atom is 0.466 e. The quantitative estimate of drug-likeness (QED) is 0.315. The van der Waals surface area contributed by atoms with Crippen molar-refractivity contribution in [3.8, 4) is 0 Å². The predicted molar refractivity (Wildman–Crippen MR) is 67.8 cm³/mol. The van der Waals surface area contributed by atoms with E-state index in [1.807, 2.05) is 10.5 Å². The van der Waals surface area contributed by atoms with Gasteiger partial charge in [0.2, 0.25) is 0 Å². The smallest absolute Gasteiger partial charge is 0.466 e. The normalized spacial score (nSPS) is 8.47. The third-order valence-electron chi connectivity index (χ3n) is 1.60. The average molecular weight is 266 g/mol. The molecular formula is C9H12B2N2O6. The molecule has 8 nitrogen and oxygen atoms in total. The Balaban J connectivity index is 3.85. The largest absolute Gasteiger partial charge is 0.514 e. The highest BCUT2D eigenvalue weighted by Gasteiger charge is 2.15. The number of carbonyl (C=O) groups is 4. The van der Waals surface area contributed by atoms with Crippen LogP contribution in [0, 0.1) is 0 Å².